The summed E-state index contributed by atoms with van der Waals surface area (Å²) in [7, 11) is -4.16. The first-order valence-electron chi connectivity index (χ1n) is 11.7. The highest BCUT2D eigenvalue weighted by molar-refractivity contribution is 7.89. The van der Waals surface area contributed by atoms with E-state index < -0.39 is 25.5 Å². The zero-order valence-electron chi connectivity index (χ0n) is 20.0. The lowest BCUT2D eigenvalue weighted by molar-refractivity contribution is -0.387. The highest BCUT2D eigenvalue weighted by Crippen LogP contribution is 2.31. The van der Waals surface area contributed by atoms with E-state index in [0.717, 1.165) is 27.9 Å². The predicted molar refractivity (Wildman–Crippen MR) is 147 cm³/mol. The molecule has 1 heterocycles. The normalized spacial score (nSPS) is 11.7. The molecule has 0 aliphatic carbocycles. The number of rotatable bonds is 12. The Morgan fingerprint density at radius 2 is 1.39 bits per heavy atom. The Labute approximate surface area is 228 Å². The molecule has 0 unspecified atom stereocenters. The number of nitro groups is 1. The third kappa shape index (κ3) is 5.58. The molecule has 0 aliphatic heterocycles. The quantitative estimate of drug-likeness (QED) is 0.105. The lowest BCUT2D eigenvalue weighted by Crippen LogP contribution is -2.28. The Hall–Kier alpha value is -3.31. The number of alkyl halides is 2. The number of nitro benzene ring substituents is 1. The predicted octanol–water partition coefficient (Wildman–Crippen LogP) is 5.30. The van der Waals surface area contributed by atoms with Crippen LogP contribution in [0, 0.1) is 10.1 Å². The van der Waals surface area contributed by atoms with Crippen LogP contribution in [-0.2, 0) is 16.6 Å². The van der Waals surface area contributed by atoms with Crippen molar-refractivity contribution < 1.29 is 22.9 Å². The van der Waals surface area contributed by atoms with Crippen molar-refractivity contribution in [2.24, 2.45) is 0 Å². The molecule has 0 aliphatic rings. The average molecular weight is 576 g/mol. The number of carbonyl (C=O) groups is 2. The number of hydrogen-bond donors (Lipinski definition) is 1. The number of ketones is 2. The number of para-hydroxylation sites is 1. The summed E-state index contributed by atoms with van der Waals surface area (Å²) in [5.41, 5.74) is 1.90. The van der Waals surface area contributed by atoms with Gasteiger partial charge in [0.25, 0.3) is 5.69 Å². The molecule has 38 heavy (non-hydrogen) atoms. The van der Waals surface area contributed by atoms with Crippen molar-refractivity contribution >= 4 is 72.3 Å². The average Bonchev–Trinajstić information content (AvgIpc) is 3.21. The van der Waals surface area contributed by atoms with Crippen molar-refractivity contribution in [2.45, 2.75) is 24.3 Å². The Bertz CT molecular complexity index is 1590. The molecule has 0 saturated heterocycles. The van der Waals surface area contributed by atoms with Crippen LogP contribution in [0.3, 0.4) is 0 Å². The molecule has 1 N–H and O–H groups in total. The number of sulfonamides is 1. The van der Waals surface area contributed by atoms with E-state index >= 15 is 0 Å². The van der Waals surface area contributed by atoms with E-state index in [1.165, 1.54) is 18.2 Å². The summed E-state index contributed by atoms with van der Waals surface area (Å²) >= 11 is 11.5. The first kappa shape index (κ1) is 27.7. The van der Waals surface area contributed by atoms with E-state index in [0.29, 0.717) is 11.1 Å². The minimum Gasteiger partial charge on any atom is -0.339 e. The molecule has 0 atom stereocenters. The van der Waals surface area contributed by atoms with Crippen LogP contribution in [0.25, 0.3) is 21.8 Å². The van der Waals surface area contributed by atoms with Crippen molar-refractivity contribution in [3.8, 4) is 0 Å². The van der Waals surface area contributed by atoms with E-state index in [2.05, 4.69) is 4.72 Å². The molecule has 0 fully saturated rings. The Morgan fingerprint density at radius 3 is 1.89 bits per heavy atom. The topological polar surface area (TPSA) is 128 Å². The molecule has 0 bridgehead atoms. The minimum atomic E-state index is -4.16. The summed E-state index contributed by atoms with van der Waals surface area (Å²) in [6, 6.07) is 15.5. The highest BCUT2D eigenvalue weighted by atomic mass is 35.5. The number of Topliss-reactive ketones (excluding diaryl/α,β-unsaturated/α-hetero) is 2. The number of fused-ring (bicyclic) bond motifs is 3. The summed E-state index contributed by atoms with van der Waals surface area (Å²) in [6.07, 6.45) is 0.358. The minimum absolute atomic E-state index is 0.0624. The number of aromatic nitrogens is 1. The molecule has 198 valence electrons. The van der Waals surface area contributed by atoms with Crippen molar-refractivity contribution in [3.63, 3.8) is 0 Å². The number of benzene rings is 3. The van der Waals surface area contributed by atoms with Crippen molar-refractivity contribution in [2.75, 3.05) is 18.3 Å². The molecule has 0 amide bonds. The number of carbonyl (C=O) groups excluding carboxylic acids is 2. The van der Waals surface area contributed by atoms with Crippen molar-refractivity contribution in [3.05, 3.63) is 81.9 Å². The van der Waals surface area contributed by atoms with Gasteiger partial charge < -0.3 is 4.57 Å². The Balaban J connectivity index is 1.73. The summed E-state index contributed by atoms with van der Waals surface area (Å²) in [5, 5.41) is 12.8. The highest BCUT2D eigenvalue weighted by Gasteiger charge is 2.25. The van der Waals surface area contributed by atoms with Gasteiger partial charge in [0.1, 0.15) is 0 Å². The fourth-order valence-corrected chi connectivity index (χ4v) is 5.89. The second kappa shape index (κ2) is 11.6. The van der Waals surface area contributed by atoms with Gasteiger partial charge in [0.2, 0.25) is 10.0 Å². The summed E-state index contributed by atoms with van der Waals surface area (Å²) < 4.78 is 30.0. The standard InChI is InChI=1S/C26H23Cl2N3O6S/c27-11-9-24(32)17-5-7-21-19(15-17)20-16-18(25(33)10-12-28)6-8-22(20)30(21)14-13-29-38(36,37)26-4-2-1-3-23(26)31(34)35/h1-8,15-16,29H,9-14H2. The van der Waals surface area contributed by atoms with Crippen LogP contribution >= 0.6 is 23.2 Å². The molecule has 9 nitrogen and oxygen atoms in total. The summed E-state index contributed by atoms with van der Waals surface area (Å²) in [6.45, 7) is 0.122. The van der Waals surface area contributed by atoms with Crippen LogP contribution in [0.5, 0.6) is 0 Å². The third-order valence-corrected chi connectivity index (χ3v) is 8.02. The SMILES string of the molecule is O=C(CCCl)c1ccc2c(c1)c1cc(C(=O)CCCl)ccc1n2CCNS(=O)(=O)c1ccccc1[N+](=O)[O-]. The molecule has 0 saturated carbocycles. The zero-order valence-corrected chi connectivity index (χ0v) is 22.4. The zero-order chi connectivity index (χ0) is 27.4. The van der Waals surface area contributed by atoms with Gasteiger partial charge in [-0.3, -0.25) is 19.7 Å². The third-order valence-electron chi connectivity index (χ3n) is 6.13. The van der Waals surface area contributed by atoms with Gasteiger partial charge >= 0.3 is 0 Å². The van der Waals surface area contributed by atoms with Gasteiger partial charge in [0.05, 0.1) is 4.92 Å². The van der Waals surface area contributed by atoms with E-state index in [-0.39, 0.29) is 49.3 Å². The Morgan fingerprint density at radius 1 is 0.868 bits per heavy atom. The van der Waals surface area contributed by atoms with E-state index in [4.69, 9.17) is 23.2 Å². The fourth-order valence-electron chi connectivity index (χ4n) is 4.36. The van der Waals surface area contributed by atoms with E-state index in [1.54, 1.807) is 36.4 Å². The molecular weight excluding hydrogens is 553 g/mol. The van der Waals surface area contributed by atoms with Gasteiger partial charge in [-0.05, 0) is 42.5 Å². The maximum absolute atomic E-state index is 12.9. The fraction of sp³-hybridized carbons (Fsp3) is 0.231. The Kier molecular flexibility index (Phi) is 8.47. The molecule has 0 radical (unpaired) electrons. The lowest BCUT2D eigenvalue weighted by atomic mass is 10.0. The van der Waals surface area contributed by atoms with Gasteiger partial charge in [-0.2, -0.15) is 0 Å². The second-order valence-corrected chi connectivity index (χ2v) is 11.0. The smallest absolute Gasteiger partial charge is 0.289 e. The first-order chi connectivity index (χ1) is 18.2. The maximum atomic E-state index is 12.9. The molecule has 4 rings (SSSR count). The van der Waals surface area contributed by atoms with Crippen molar-refractivity contribution in [1.82, 2.24) is 9.29 Å². The molecule has 0 spiro atoms. The largest absolute Gasteiger partial charge is 0.339 e. The number of nitrogens with one attached hydrogen (secondary N) is 1. The van der Waals surface area contributed by atoms with Crippen LogP contribution in [0.2, 0.25) is 0 Å². The van der Waals surface area contributed by atoms with Crippen LogP contribution < -0.4 is 4.72 Å². The number of halogens is 2. The van der Waals surface area contributed by atoms with Crippen LogP contribution in [0.15, 0.2) is 65.6 Å². The second-order valence-electron chi connectivity index (χ2n) is 8.46. The van der Waals surface area contributed by atoms with Crippen molar-refractivity contribution in [1.29, 1.82) is 0 Å². The number of nitrogens with zero attached hydrogens (tertiary/aromatic N) is 2. The maximum Gasteiger partial charge on any atom is 0.289 e. The van der Waals surface area contributed by atoms with Crippen LogP contribution in [-0.4, -0.2) is 47.8 Å². The van der Waals surface area contributed by atoms with Gasteiger partial charge in [0.15, 0.2) is 16.5 Å². The van der Waals surface area contributed by atoms with Gasteiger partial charge in [0, 0.05) is 76.7 Å². The number of hydrogen-bond acceptors (Lipinski definition) is 6. The van der Waals surface area contributed by atoms with Gasteiger partial charge in [-0.1, -0.05) is 12.1 Å². The molecule has 1 aromatic heterocycles. The lowest BCUT2D eigenvalue weighted by Gasteiger charge is -2.10. The summed E-state index contributed by atoms with van der Waals surface area (Å²) in [5.74, 6) is 0.147. The first-order valence-corrected chi connectivity index (χ1v) is 14.2. The van der Waals surface area contributed by atoms with Crippen LogP contribution in [0.4, 0.5) is 5.69 Å². The monoisotopic (exact) mass is 575 g/mol. The van der Waals surface area contributed by atoms with Crippen LogP contribution in [0.1, 0.15) is 33.6 Å². The molecule has 4 aromatic rings. The summed E-state index contributed by atoms with van der Waals surface area (Å²) in [4.78, 5) is 35.1. The van der Waals surface area contributed by atoms with Gasteiger partial charge in [-0.25, -0.2) is 13.1 Å². The van der Waals surface area contributed by atoms with E-state index in [9.17, 15) is 28.1 Å². The molecular formula is C26H23Cl2N3O6S. The molecule has 12 heteroatoms. The van der Waals surface area contributed by atoms with Gasteiger partial charge in [-0.15, -0.1) is 23.2 Å². The van der Waals surface area contributed by atoms with E-state index in [1.807, 2.05) is 4.57 Å². The molecule has 3 aromatic carbocycles.